The molecule has 0 aromatic heterocycles. The van der Waals surface area contributed by atoms with E-state index in [0.717, 1.165) is 47.9 Å². The number of amides is 2. The summed E-state index contributed by atoms with van der Waals surface area (Å²) in [6, 6.07) is 5.65. The van der Waals surface area contributed by atoms with Crippen LogP contribution in [-0.2, 0) is 9.59 Å². The molecular weight excluding hydrogens is 427 g/mol. The van der Waals surface area contributed by atoms with E-state index in [9.17, 15) is 9.59 Å². The van der Waals surface area contributed by atoms with E-state index in [1.807, 2.05) is 30.0 Å². The standard InChI is InChI=1S/C17H18ClIN2O2/c1-11-10-12(19)6-7-13(11)21-16(22)14(18)15(17(21)23)20-8-4-2-3-5-9-20/h6-7,10H,2-5,8-9H2,1H3. The van der Waals surface area contributed by atoms with Crippen LogP contribution in [0.4, 0.5) is 5.69 Å². The Hall–Kier alpha value is -1.08. The van der Waals surface area contributed by atoms with Gasteiger partial charge in [-0.3, -0.25) is 9.59 Å². The van der Waals surface area contributed by atoms with Crippen molar-refractivity contribution in [2.24, 2.45) is 0 Å². The summed E-state index contributed by atoms with van der Waals surface area (Å²) in [7, 11) is 0. The average molecular weight is 445 g/mol. The molecule has 0 saturated carbocycles. The molecule has 1 aromatic carbocycles. The quantitative estimate of drug-likeness (QED) is 0.515. The van der Waals surface area contributed by atoms with E-state index in [1.54, 1.807) is 0 Å². The van der Waals surface area contributed by atoms with Gasteiger partial charge in [-0.1, -0.05) is 24.4 Å². The van der Waals surface area contributed by atoms with Crippen molar-refractivity contribution in [2.45, 2.75) is 32.6 Å². The van der Waals surface area contributed by atoms with Gasteiger partial charge in [-0.2, -0.15) is 0 Å². The summed E-state index contributed by atoms with van der Waals surface area (Å²) < 4.78 is 1.06. The molecule has 23 heavy (non-hydrogen) atoms. The highest BCUT2D eigenvalue weighted by Gasteiger charge is 2.41. The molecule has 4 nitrogen and oxygen atoms in total. The Morgan fingerprint density at radius 3 is 2.30 bits per heavy atom. The molecule has 2 amide bonds. The van der Waals surface area contributed by atoms with Crippen LogP contribution in [0.15, 0.2) is 28.9 Å². The second-order valence-corrected chi connectivity index (χ2v) is 7.56. The minimum Gasteiger partial charge on any atom is -0.366 e. The number of halogens is 2. The van der Waals surface area contributed by atoms with Crippen LogP contribution in [0.5, 0.6) is 0 Å². The number of anilines is 1. The van der Waals surface area contributed by atoms with Crippen LogP contribution in [0.1, 0.15) is 31.2 Å². The molecule has 0 radical (unpaired) electrons. The Kier molecular flexibility index (Phi) is 4.96. The summed E-state index contributed by atoms with van der Waals surface area (Å²) in [5.74, 6) is -0.716. The van der Waals surface area contributed by atoms with E-state index in [2.05, 4.69) is 22.6 Å². The minimum absolute atomic E-state index is 0.0508. The van der Waals surface area contributed by atoms with Crippen molar-refractivity contribution >= 4 is 51.7 Å². The SMILES string of the molecule is Cc1cc(I)ccc1N1C(=O)C(Cl)=C(N2CCCCCC2)C1=O. The molecule has 0 aliphatic carbocycles. The number of imide groups is 1. The first-order valence-electron chi connectivity index (χ1n) is 7.80. The molecule has 0 N–H and O–H groups in total. The van der Waals surface area contributed by atoms with Crippen LogP contribution in [0, 0.1) is 10.5 Å². The lowest BCUT2D eigenvalue weighted by atomic mass is 10.2. The number of carbonyl (C=O) groups excluding carboxylic acids is 2. The summed E-state index contributed by atoms with van der Waals surface area (Å²) in [6.45, 7) is 3.46. The first kappa shape index (κ1) is 16.8. The second-order valence-electron chi connectivity index (χ2n) is 5.94. The van der Waals surface area contributed by atoms with Crippen molar-refractivity contribution in [3.8, 4) is 0 Å². The highest BCUT2D eigenvalue weighted by molar-refractivity contribution is 14.1. The molecule has 0 spiro atoms. The molecule has 1 aromatic rings. The van der Waals surface area contributed by atoms with Gasteiger partial charge in [0.2, 0.25) is 0 Å². The zero-order valence-electron chi connectivity index (χ0n) is 12.9. The van der Waals surface area contributed by atoms with Gasteiger partial charge in [0, 0.05) is 16.7 Å². The largest absolute Gasteiger partial charge is 0.366 e. The predicted molar refractivity (Wildman–Crippen MR) is 99.3 cm³/mol. The van der Waals surface area contributed by atoms with Gasteiger partial charge in [-0.15, -0.1) is 0 Å². The summed E-state index contributed by atoms with van der Waals surface area (Å²) in [4.78, 5) is 28.7. The Bertz CT molecular complexity index is 694. The van der Waals surface area contributed by atoms with Gasteiger partial charge >= 0.3 is 0 Å². The van der Waals surface area contributed by atoms with E-state index >= 15 is 0 Å². The Balaban J connectivity index is 1.95. The molecule has 1 saturated heterocycles. The van der Waals surface area contributed by atoms with Gasteiger partial charge in [0.25, 0.3) is 11.8 Å². The summed E-state index contributed by atoms with van der Waals surface area (Å²) in [6.07, 6.45) is 4.36. The maximum absolute atomic E-state index is 12.9. The Morgan fingerprint density at radius 2 is 1.70 bits per heavy atom. The lowest BCUT2D eigenvalue weighted by Crippen LogP contribution is -2.36. The van der Waals surface area contributed by atoms with Gasteiger partial charge in [0.05, 0.1) is 5.69 Å². The number of hydrogen-bond donors (Lipinski definition) is 0. The third kappa shape index (κ3) is 3.13. The molecule has 2 aliphatic rings. The van der Waals surface area contributed by atoms with E-state index in [0.29, 0.717) is 11.4 Å². The van der Waals surface area contributed by atoms with Crippen LogP contribution in [0.3, 0.4) is 0 Å². The van der Waals surface area contributed by atoms with Gasteiger partial charge in [-0.25, -0.2) is 4.90 Å². The molecule has 3 rings (SSSR count). The van der Waals surface area contributed by atoms with Crippen molar-refractivity contribution in [1.82, 2.24) is 4.90 Å². The number of likely N-dealkylation sites (tertiary alicyclic amines) is 1. The lowest BCUT2D eigenvalue weighted by Gasteiger charge is -2.24. The molecule has 2 heterocycles. The normalized spacial score (nSPS) is 19.6. The Morgan fingerprint density at radius 1 is 1.04 bits per heavy atom. The van der Waals surface area contributed by atoms with Gasteiger partial charge in [-0.05, 0) is 66.1 Å². The number of carbonyl (C=O) groups is 2. The number of nitrogens with zero attached hydrogens (tertiary/aromatic N) is 2. The first-order valence-corrected chi connectivity index (χ1v) is 9.26. The third-order valence-electron chi connectivity index (χ3n) is 4.33. The van der Waals surface area contributed by atoms with E-state index < -0.39 is 5.91 Å². The summed E-state index contributed by atoms with van der Waals surface area (Å²) >= 11 is 8.47. The number of hydrogen-bond acceptors (Lipinski definition) is 3. The highest BCUT2D eigenvalue weighted by Crippen LogP contribution is 2.34. The highest BCUT2D eigenvalue weighted by atomic mass is 127. The minimum atomic E-state index is -0.416. The lowest BCUT2D eigenvalue weighted by molar-refractivity contribution is -0.121. The zero-order valence-corrected chi connectivity index (χ0v) is 15.9. The van der Waals surface area contributed by atoms with Crippen LogP contribution < -0.4 is 4.90 Å². The van der Waals surface area contributed by atoms with Gasteiger partial charge in [0.1, 0.15) is 10.7 Å². The summed E-state index contributed by atoms with van der Waals surface area (Å²) in [5, 5.41) is 0.0508. The van der Waals surface area contributed by atoms with Crippen LogP contribution >= 0.6 is 34.2 Å². The number of aryl methyl sites for hydroxylation is 1. The third-order valence-corrected chi connectivity index (χ3v) is 5.34. The van der Waals surface area contributed by atoms with E-state index in [4.69, 9.17) is 11.6 Å². The molecule has 1 fully saturated rings. The fraction of sp³-hybridized carbons (Fsp3) is 0.412. The van der Waals surface area contributed by atoms with Crippen molar-refractivity contribution in [3.05, 3.63) is 38.1 Å². The second kappa shape index (κ2) is 6.81. The van der Waals surface area contributed by atoms with Crippen LogP contribution in [0.2, 0.25) is 0 Å². The molecule has 0 unspecified atom stereocenters. The van der Waals surface area contributed by atoms with Crippen LogP contribution in [-0.4, -0.2) is 29.8 Å². The summed E-state index contributed by atoms with van der Waals surface area (Å²) in [5.41, 5.74) is 1.88. The van der Waals surface area contributed by atoms with E-state index in [-0.39, 0.29) is 10.9 Å². The maximum atomic E-state index is 12.9. The Labute approximate surface area is 154 Å². The van der Waals surface area contributed by atoms with Gasteiger partial charge in [0.15, 0.2) is 0 Å². The first-order chi connectivity index (χ1) is 11.0. The van der Waals surface area contributed by atoms with Crippen molar-refractivity contribution in [2.75, 3.05) is 18.0 Å². The zero-order chi connectivity index (χ0) is 16.6. The molecule has 0 bridgehead atoms. The molecule has 6 heteroatoms. The topological polar surface area (TPSA) is 40.6 Å². The van der Waals surface area contributed by atoms with Crippen molar-refractivity contribution in [3.63, 3.8) is 0 Å². The number of benzene rings is 1. The van der Waals surface area contributed by atoms with Gasteiger partial charge < -0.3 is 4.90 Å². The molecule has 2 aliphatic heterocycles. The van der Waals surface area contributed by atoms with Crippen molar-refractivity contribution in [1.29, 1.82) is 0 Å². The average Bonchev–Trinajstić information content (AvgIpc) is 2.71. The van der Waals surface area contributed by atoms with Crippen LogP contribution in [0.25, 0.3) is 0 Å². The van der Waals surface area contributed by atoms with E-state index in [1.165, 1.54) is 4.90 Å². The smallest absolute Gasteiger partial charge is 0.283 e. The fourth-order valence-corrected chi connectivity index (χ4v) is 4.08. The predicted octanol–water partition coefficient (Wildman–Crippen LogP) is 3.80. The van der Waals surface area contributed by atoms with Crippen molar-refractivity contribution < 1.29 is 9.59 Å². The monoisotopic (exact) mass is 444 g/mol. The fourth-order valence-electron chi connectivity index (χ4n) is 3.15. The molecule has 122 valence electrons. The molecule has 0 atom stereocenters. The number of rotatable bonds is 2. The molecular formula is C17H18ClIN2O2. The maximum Gasteiger partial charge on any atom is 0.283 e.